The van der Waals surface area contributed by atoms with E-state index >= 15 is 0 Å². The normalized spacial score (nSPS) is 10.2. The molecule has 8 nitrogen and oxygen atoms in total. The Hall–Kier alpha value is -2.48. The summed E-state index contributed by atoms with van der Waals surface area (Å²) in [6, 6.07) is 4.20. The summed E-state index contributed by atoms with van der Waals surface area (Å²) < 4.78 is 4.97. The minimum atomic E-state index is -0.912. The fourth-order valence-corrected chi connectivity index (χ4v) is 1.78. The highest BCUT2D eigenvalue weighted by molar-refractivity contribution is 5.69. The largest absolute Gasteiger partial charge is 0.481 e. The summed E-state index contributed by atoms with van der Waals surface area (Å²) in [5.74, 6) is -1.40. The van der Waals surface area contributed by atoms with E-state index < -0.39 is 23.5 Å². The van der Waals surface area contributed by atoms with Crippen molar-refractivity contribution in [2.45, 2.75) is 38.9 Å². The van der Waals surface area contributed by atoms with Crippen LogP contribution in [0.5, 0.6) is 0 Å². The number of benzene rings is 1. The van der Waals surface area contributed by atoms with Crippen LogP contribution in [0.4, 0.5) is 5.69 Å². The predicted octanol–water partition coefficient (Wildman–Crippen LogP) is 1.78. The molecule has 0 heterocycles. The molecule has 0 amide bonds. The van der Waals surface area contributed by atoms with Crippen LogP contribution in [0.25, 0.3) is 0 Å². The van der Waals surface area contributed by atoms with Gasteiger partial charge in [-0.15, -0.1) is 0 Å². The number of ether oxygens (including phenoxy) is 1. The Morgan fingerprint density at radius 2 is 1.91 bits per heavy atom. The van der Waals surface area contributed by atoms with Crippen LogP contribution >= 0.6 is 0 Å². The van der Waals surface area contributed by atoms with Crippen LogP contribution in [-0.2, 0) is 27.5 Å². The lowest BCUT2D eigenvalue weighted by atomic mass is 10.1. The van der Waals surface area contributed by atoms with Crippen LogP contribution in [0.2, 0.25) is 0 Å². The number of nitro benzene ring substituents is 1. The number of aliphatic hydroxyl groups excluding tert-OH is 1. The molecule has 0 saturated heterocycles. The summed E-state index contributed by atoms with van der Waals surface area (Å²) in [4.78, 5) is 32.0. The number of unbranched alkanes of at least 4 members (excludes halogenated alkanes) is 1. The number of esters is 1. The fourth-order valence-electron chi connectivity index (χ4n) is 1.78. The minimum Gasteiger partial charge on any atom is -0.481 e. The molecule has 0 fully saturated rings. The third-order valence-corrected chi connectivity index (χ3v) is 2.94. The lowest BCUT2D eigenvalue weighted by Crippen LogP contribution is -2.06. The maximum absolute atomic E-state index is 11.5. The molecule has 0 unspecified atom stereocenters. The number of nitro groups is 1. The van der Waals surface area contributed by atoms with Gasteiger partial charge in [0.15, 0.2) is 0 Å². The number of hydrogen-bond donors (Lipinski definition) is 2. The van der Waals surface area contributed by atoms with Crippen molar-refractivity contribution in [2.24, 2.45) is 0 Å². The second-order valence-corrected chi connectivity index (χ2v) is 4.64. The zero-order valence-electron chi connectivity index (χ0n) is 11.9. The monoisotopic (exact) mass is 311 g/mol. The first-order valence-electron chi connectivity index (χ1n) is 6.68. The molecule has 0 spiro atoms. The van der Waals surface area contributed by atoms with Crippen molar-refractivity contribution >= 4 is 17.6 Å². The first-order valence-corrected chi connectivity index (χ1v) is 6.68. The van der Waals surface area contributed by atoms with Crippen molar-refractivity contribution in [1.82, 2.24) is 0 Å². The predicted molar refractivity (Wildman–Crippen MR) is 74.9 cm³/mol. The summed E-state index contributed by atoms with van der Waals surface area (Å²) in [5.41, 5.74) is 0.411. The van der Waals surface area contributed by atoms with Crippen LogP contribution < -0.4 is 0 Å². The molecular formula is C14H17NO7. The van der Waals surface area contributed by atoms with Crippen LogP contribution in [-0.4, -0.2) is 27.1 Å². The van der Waals surface area contributed by atoms with Gasteiger partial charge >= 0.3 is 11.9 Å². The smallest absolute Gasteiger partial charge is 0.306 e. The standard InChI is InChI=1S/C14H17NO7/c16-8-11-6-5-10(7-12(11)15(20)21)9-22-14(19)4-2-1-3-13(17)18/h5-7,16H,1-4,8-9H2,(H,17,18). The maximum atomic E-state index is 11.5. The van der Waals surface area contributed by atoms with E-state index in [0.29, 0.717) is 18.4 Å². The molecule has 1 aromatic carbocycles. The topological polar surface area (TPSA) is 127 Å². The average Bonchev–Trinajstić information content (AvgIpc) is 2.49. The molecule has 0 aromatic heterocycles. The summed E-state index contributed by atoms with van der Waals surface area (Å²) in [5, 5.41) is 28.3. The number of carbonyl (C=O) groups excluding carboxylic acids is 1. The van der Waals surface area contributed by atoms with Gasteiger partial charge in [0.1, 0.15) is 6.61 Å². The van der Waals surface area contributed by atoms with Crippen molar-refractivity contribution in [3.05, 3.63) is 39.4 Å². The quantitative estimate of drug-likeness (QED) is 0.308. The van der Waals surface area contributed by atoms with E-state index in [-0.39, 0.29) is 30.7 Å². The number of nitrogens with zero attached hydrogens (tertiary/aromatic N) is 1. The van der Waals surface area contributed by atoms with E-state index in [1.807, 2.05) is 0 Å². The lowest BCUT2D eigenvalue weighted by molar-refractivity contribution is -0.385. The third-order valence-electron chi connectivity index (χ3n) is 2.94. The molecule has 0 aliphatic carbocycles. The van der Waals surface area contributed by atoms with Gasteiger partial charge in [0, 0.05) is 18.9 Å². The number of carboxylic acids is 1. The number of aliphatic hydroxyl groups is 1. The molecular weight excluding hydrogens is 294 g/mol. The highest BCUT2D eigenvalue weighted by Gasteiger charge is 2.14. The van der Waals surface area contributed by atoms with Gasteiger partial charge in [-0.1, -0.05) is 6.07 Å². The van der Waals surface area contributed by atoms with Gasteiger partial charge in [-0.05, 0) is 24.5 Å². The Labute approximate surface area is 126 Å². The highest BCUT2D eigenvalue weighted by Crippen LogP contribution is 2.21. The van der Waals surface area contributed by atoms with E-state index in [1.54, 1.807) is 0 Å². The van der Waals surface area contributed by atoms with Crippen LogP contribution in [0.1, 0.15) is 36.8 Å². The van der Waals surface area contributed by atoms with Gasteiger partial charge < -0.3 is 14.9 Å². The second-order valence-electron chi connectivity index (χ2n) is 4.64. The number of carbonyl (C=O) groups is 2. The number of aliphatic carboxylic acids is 1. The summed E-state index contributed by atoms with van der Waals surface area (Å²) >= 11 is 0. The van der Waals surface area contributed by atoms with Gasteiger partial charge in [-0.3, -0.25) is 19.7 Å². The van der Waals surface area contributed by atoms with E-state index in [0.717, 1.165) is 0 Å². The maximum Gasteiger partial charge on any atom is 0.306 e. The van der Waals surface area contributed by atoms with Gasteiger partial charge in [-0.25, -0.2) is 0 Å². The second kappa shape index (κ2) is 8.73. The van der Waals surface area contributed by atoms with Crippen molar-refractivity contribution in [2.75, 3.05) is 0 Å². The van der Waals surface area contributed by atoms with Gasteiger partial charge in [0.25, 0.3) is 5.69 Å². The first-order chi connectivity index (χ1) is 10.4. The summed E-state index contributed by atoms with van der Waals surface area (Å²) in [6.45, 7) is -0.551. The molecule has 1 rings (SSSR count). The molecule has 0 bridgehead atoms. The highest BCUT2D eigenvalue weighted by atomic mass is 16.6. The molecule has 0 atom stereocenters. The van der Waals surface area contributed by atoms with E-state index in [9.17, 15) is 19.7 Å². The first kappa shape index (κ1) is 17.6. The van der Waals surface area contributed by atoms with Crippen molar-refractivity contribution in [3.8, 4) is 0 Å². The number of carboxylic acid groups (broad SMARTS) is 1. The van der Waals surface area contributed by atoms with Crippen LogP contribution in [0.3, 0.4) is 0 Å². The fraction of sp³-hybridized carbons (Fsp3) is 0.429. The molecule has 0 aliphatic heterocycles. The third kappa shape index (κ3) is 5.88. The van der Waals surface area contributed by atoms with E-state index in [1.165, 1.54) is 18.2 Å². The van der Waals surface area contributed by atoms with Gasteiger partial charge in [-0.2, -0.15) is 0 Å². The Balaban J connectivity index is 2.47. The Bertz CT molecular complexity index is 556. The zero-order chi connectivity index (χ0) is 16.5. The van der Waals surface area contributed by atoms with Crippen molar-refractivity contribution in [1.29, 1.82) is 0 Å². The Morgan fingerprint density at radius 3 is 2.50 bits per heavy atom. The van der Waals surface area contributed by atoms with Gasteiger partial charge in [0.05, 0.1) is 17.1 Å². The van der Waals surface area contributed by atoms with Gasteiger partial charge in [0.2, 0.25) is 0 Å². The Kier molecular flexibility index (Phi) is 6.97. The van der Waals surface area contributed by atoms with E-state index in [4.69, 9.17) is 14.9 Å². The molecule has 8 heteroatoms. The number of hydrogen-bond acceptors (Lipinski definition) is 6. The molecule has 1 aromatic rings. The molecule has 22 heavy (non-hydrogen) atoms. The number of rotatable bonds is 9. The SMILES string of the molecule is O=C(O)CCCCC(=O)OCc1ccc(CO)c([N+](=O)[O-])c1. The van der Waals surface area contributed by atoms with E-state index in [2.05, 4.69) is 0 Å². The Morgan fingerprint density at radius 1 is 1.23 bits per heavy atom. The van der Waals surface area contributed by atoms with Crippen LogP contribution in [0.15, 0.2) is 18.2 Å². The van der Waals surface area contributed by atoms with Crippen molar-refractivity contribution < 1.29 is 29.5 Å². The zero-order valence-corrected chi connectivity index (χ0v) is 11.9. The molecule has 0 radical (unpaired) electrons. The lowest BCUT2D eigenvalue weighted by Gasteiger charge is -2.06. The summed E-state index contributed by atoms with van der Waals surface area (Å²) in [7, 11) is 0. The molecule has 120 valence electrons. The van der Waals surface area contributed by atoms with Crippen LogP contribution in [0, 0.1) is 10.1 Å². The van der Waals surface area contributed by atoms with Crippen molar-refractivity contribution in [3.63, 3.8) is 0 Å². The summed E-state index contributed by atoms with van der Waals surface area (Å²) in [6.07, 6.45) is 0.905. The average molecular weight is 311 g/mol. The minimum absolute atomic E-state index is 0.00208. The molecule has 0 aliphatic rings. The molecule has 0 saturated carbocycles. The molecule has 2 N–H and O–H groups in total.